The molecule has 1 N–H and O–H groups in total. The zero-order chi connectivity index (χ0) is 8.02. The monoisotopic (exact) mass is 238 g/mol. The van der Waals surface area contributed by atoms with Crippen LogP contribution in [0.5, 0.6) is 0 Å². The molecule has 0 aromatic carbocycles. The average molecular weight is 239 g/mol. The van der Waals surface area contributed by atoms with E-state index in [4.69, 9.17) is 0 Å². The molecule has 0 amide bonds. The average Bonchev–Trinajstić information content (AvgIpc) is 2.32. The summed E-state index contributed by atoms with van der Waals surface area (Å²) < 4.78 is 0. The van der Waals surface area contributed by atoms with Gasteiger partial charge in [0.05, 0.1) is 0 Å². The maximum atomic E-state index is 3.44. The molecule has 1 spiro atoms. The molecule has 2 heterocycles. The highest BCUT2D eigenvalue weighted by atomic mass is 35.5. The van der Waals surface area contributed by atoms with Gasteiger partial charge in [0.25, 0.3) is 0 Å². The summed E-state index contributed by atoms with van der Waals surface area (Å²) in [6, 6.07) is 0.885. The van der Waals surface area contributed by atoms with Crippen LogP contribution >= 0.6 is 24.8 Å². The van der Waals surface area contributed by atoms with Crippen molar-refractivity contribution in [3.05, 3.63) is 0 Å². The van der Waals surface area contributed by atoms with Crippen LogP contribution < -0.4 is 5.32 Å². The van der Waals surface area contributed by atoms with E-state index in [1.807, 2.05) is 0 Å². The van der Waals surface area contributed by atoms with Crippen LogP contribution in [0.15, 0.2) is 0 Å². The Morgan fingerprint density at radius 3 is 2.29 bits per heavy atom. The van der Waals surface area contributed by atoms with Crippen molar-refractivity contribution in [3.63, 3.8) is 0 Å². The van der Waals surface area contributed by atoms with E-state index in [9.17, 15) is 0 Å². The number of nitrogens with zero attached hydrogens (tertiary/aromatic N) is 1. The summed E-state index contributed by atoms with van der Waals surface area (Å²) in [5, 5.41) is 3.44. The smallest absolute Gasteiger partial charge is 0.0233 e. The highest BCUT2D eigenvalue weighted by molar-refractivity contribution is 5.85. The van der Waals surface area contributed by atoms with Crippen molar-refractivity contribution < 1.29 is 0 Å². The minimum atomic E-state index is 0. The lowest BCUT2D eigenvalue weighted by atomic mass is 9.63. The van der Waals surface area contributed by atoms with Crippen molar-refractivity contribution >= 4 is 24.8 Å². The van der Waals surface area contributed by atoms with Gasteiger partial charge in [0.2, 0.25) is 0 Å². The fourth-order valence-corrected chi connectivity index (χ4v) is 3.02. The molecule has 2 aliphatic heterocycles. The van der Waals surface area contributed by atoms with E-state index in [2.05, 4.69) is 10.2 Å². The maximum Gasteiger partial charge on any atom is 0.0233 e. The molecule has 3 aliphatic rings. The number of rotatable bonds is 1. The molecule has 84 valence electrons. The summed E-state index contributed by atoms with van der Waals surface area (Å²) in [6.45, 7) is 5.32. The lowest BCUT2D eigenvalue weighted by Gasteiger charge is -2.58. The molecule has 1 aliphatic carbocycles. The van der Waals surface area contributed by atoms with E-state index >= 15 is 0 Å². The third-order valence-corrected chi connectivity index (χ3v) is 4.04. The minimum Gasteiger partial charge on any atom is -0.315 e. The fraction of sp³-hybridized carbons (Fsp3) is 1.00. The summed E-state index contributed by atoms with van der Waals surface area (Å²) in [4.78, 5) is 2.69. The lowest BCUT2D eigenvalue weighted by molar-refractivity contribution is -0.0789. The Labute approximate surface area is 98.6 Å². The standard InChI is InChI=1S/C10H18N2.2ClH/c1-3-10(4-1)7-12(8-10)9-2-5-11-6-9;;/h9,11H,1-8H2;2*1H/t9-;;/m1../s1. The van der Waals surface area contributed by atoms with Gasteiger partial charge in [-0.15, -0.1) is 24.8 Å². The highest BCUT2D eigenvalue weighted by Gasteiger charge is 2.49. The molecule has 3 fully saturated rings. The van der Waals surface area contributed by atoms with Gasteiger partial charge in [0, 0.05) is 25.7 Å². The Morgan fingerprint density at radius 1 is 1.14 bits per heavy atom. The van der Waals surface area contributed by atoms with Crippen LogP contribution in [0.4, 0.5) is 0 Å². The Bertz CT molecular complexity index is 181. The molecule has 0 aromatic rings. The summed E-state index contributed by atoms with van der Waals surface area (Å²) in [5.41, 5.74) is 0.822. The van der Waals surface area contributed by atoms with Crippen LogP contribution in [0.25, 0.3) is 0 Å². The second-order valence-electron chi connectivity index (χ2n) is 4.91. The first kappa shape index (κ1) is 12.6. The quantitative estimate of drug-likeness (QED) is 0.749. The van der Waals surface area contributed by atoms with Crippen molar-refractivity contribution in [2.24, 2.45) is 5.41 Å². The van der Waals surface area contributed by atoms with Crippen molar-refractivity contribution in [3.8, 4) is 0 Å². The molecule has 0 unspecified atom stereocenters. The SMILES string of the molecule is C1CC2(C1)CN([C@@H]1CCNC1)C2.Cl.Cl. The Kier molecular flexibility index (Phi) is 4.10. The molecule has 0 radical (unpaired) electrons. The molecule has 1 atom stereocenters. The van der Waals surface area contributed by atoms with E-state index < -0.39 is 0 Å². The largest absolute Gasteiger partial charge is 0.315 e. The summed E-state index contributed by atoms with van der Waals surface area (Å²) in [7, 11) is 0. The summed E-state index contributed by atoms with van der Waals surface area (Å²) >= 11 is 0. The highest BCUT2D eigenvalue weighted by Crippen LogP contribution is 2.48. The first-order valence-electron chi connectivity index (χ1n) is 5.33. The first-order valence-corrected chi connectivity index (χ1v) is 5.33. The molecular formula is C10H20Cl2N2. The van der Waals surface area contributed by atoms with Crippen LogP contribution in [0.2, 0.25) is 0 Å². The van der Waals surface area contributed by atoms with Crippen LogP contribution in [0.3, 0.4) is 0 Å². The second kappa shape index (κ2) is 4.56. The lowest BCUT2D eigenvalue weighted by Crippen LogP contribution is -2.62. The van der Waals surface area contributed by atoms with Gasteiger partial charge in [-0.25, -0.2) is 0 Å². The predicted molar refractivity (Wildman–Crippen MR) is 63.6 cm³/mol. The van der Waals surface area contributed by atoms with Crippen molar-refractivity contribution in [1.82, 2.24) is 10.2 Å². The van der Waals surface area contributed by atoms with E-state index in [1.54, 1.807) is 0 Å². The summed E-state index contributed by atoms with van der Waals surface area (Å²) in [5.74, 6) is 0. The Balaban J connectivity index is 0.000000490. The van der Waals surface area contributed by atoms with Crippen LogP contribution in [-0.2, 0) is 0 Å². The van der Waals surface area contributed by atoms with Crippen molar-refractivity contribution in [1.29, 1.82) is 0 Å². The molecular weight excluding hydrogens is 219 g/mol. The third-order valence-electron chi connectivity index (χ3n) is 4.04. The van der Waals surface area contributed by atoms with Crippen molar-refractivity contribution in [2.45, 2.75) is 31.7 Å². The van der Waals surface area contributed by atoms with Gasteiger partial charge >= 0.3 is 0 Å². The van der Waals surface area contributed by atoms with Gasteiger partial charge in [-0.05, 0) is 31.2 Å². The molecule has 0 aromatic heterocycles. The zero-order valence-electron chi connectivity index (χ0n) is 8.50. The zero-order valence-corrected chi connectivity index (χ0v) is 10.1. The maximum absolute atomic E-state index is 3.44. The molecule has 3 rings (SSSR count). The normalized spacial score (nSPS) is 33.9. The van der Waals surface area contributed by atoms with Gasteiger partial charge in [0.15, 0.2) is 0 Å². The second-order valence-corrected chi connectivity index (χ2v) is 4.91. The van der Waals surface area contributed by atoms with Crippen LogP contribution in [-0.4, -0.2) is 37.1 Å². The molecule has 1 saturated carbocycles. The predicted octanol–water partition coefficient (Wildman–Crippen LogP) is 1.68. The minimum absolute atomic E-state index is 0. The van der Waals surface area contributed by atoms with E-state index in [0.717, 1.165) is 11.5 Å². The first-order chi connectivity index (χ1) is 5.88. The molecule has 4 heteroatoms. The van der Waals surface area contributed by atoms with Gasteiger partial charge in [0.1, 0.15) is 0 Å². The Hall–Kier alpha value is 0.500. The van der Waals surface area contributed by atoms with Gasteiger partial charge in [-0.3, -0.25) is 4.90 Å². The molecule has 2 nitrogen and oxygen atoms in total. The molecule has 0 bridgehead atoms. The number of hydrogen-bond acceptors (Lipinski definition) is 2. The fourth-order valence-electron chi connectivity index (χ4n) is 3.02. The summed E-state index contributed by atoms with van der Waals surface area (Å²) in [6.07, 6.45) is 5.92. The topological polar surface area (TPSA) is 15.3 Å². The number of hydrogen-bond donors (Lipinski definition) is 1. The van der Waals surface area contributed by atoms with E-state index in [-0.39, 0.29) is 24.8 Å². The molecule has 2 saturated heterocycles. The number of halogens is 2. The van der Waals surface area contributed by atoms with Crippen LogP contribution in [0, 0.1) is 5.41 Å². The van der Waals surface area contributed by atoms with Crippen LogP contribution in [0.1, 0.15) is 25.7 Å². The van der Waals surface area contributed by atoms with Gasteiger partial charge < -0.3 is 5.32 Å². The number of nitrogens with one attached hydrogen (secondary N) is 1. The third kappa shape index (κ3) is 1.90. The van der Waals surface area contributed by atoms with E-state index in [0.29, 0.717) is 0 Å². The Morgan fingerprint density at radius 2 is 1.86 bits per heavy atom. The van der Waals surface area contributed by atoms with Gasteiger partial charge in [-0.2, -0.15) is 0 Å². The van der Waals surface area contributed by atoms with E-state index in [1.165, 1.54) is 51.9 Å². The van der Waals surface area contributed by atoms with Gasteiger partial charge in [-0.1, -0.05) is 6.42 Å². The number of likely N-dealkylation sites (tertiary alicyclic amines) is 1. The van der Waals surface area contributed by atoms with Crippen molar-refractivity contribution in [2.75, 3.05) is 26.2 Å². The molecule has 14 heavy (non-hydrogen) atoms.